The Morgan fingerprint density at radius 3 is 2.19 bits per heavy atom. The molecule has 0 unspecified atom stereocenters. The predicted octanol–water partition coefficient (Wildman–Crippen LogP) is 4.87. The van der Waals surface area contributed by atoms with Crippen molar-refractivity contribution in [1.82, 2.24) is 4.98 Å². The van der Waals surface area contributed by atoms with Crippen LogP contribution in [0.4, 0.5) is 30.4 Å². The molecule has 1 aromatic heterocycles. The van der Waals surface area contributed by atoms with Crippen molar-refractivity contribution in [3.05, 3.63) is 84.1 Å². The number of rotatable bonds is 5. The first kappa shape index (κ1) is 20.7. The van der Waals surface area contributed by atoms with E-state index in [-0.39, 0.29) is 0 Å². The van der Waals surface area contributed by atoms with Crippen molar-refractivity contribution in [1.29, 1.82) is 0 Å². The van der Waals surface area contributed by atoms with E-state index in [4.69, 9.17) is 0 Å². The monoisotopic (exact) mass is 425 g/mol. The topological polar surface area (TPSA) is 43.8 Å². The molecule has 8 heteroatoms. The van der Waals surface area contributed by atoms with Crippen LogP contribution in [0.3, 0.4) is 0 Å². The molecular weight excluding hydrogens is 403 g/mol. The van der Waals surface area contributed by atoms with E-state index in [1.807, 2.05) is 53.4 Å². The molecule has 0 saturated carbocycles. The molecule has 0 atom stereocenters. The summed E-state index contributed by atoms with van der Waals surface area (Å²) in [5, 5.41) is 4.34. The van der Waals surface area contributed by atoms with Gasteiger partial charge in [-0.15, -0.1) is 0 Å². The van der Waals surface area contributed by atoms with Crippen LogP contribution >= 0.6 is 0 Å². The minimum Gasteiger partial charge on any atom is -0.367 e. The van der Waals surface area contributed by atoms with E-state index in [0.29, 0.717) is 18.9 Å². The summed E-state index contributed by atoms with van der Waals surface area (Å²) in [6.45, 7) is 2.82. The van der Waals surface area contributed by atoms with Gasteiger partial charge in [0.15, 0.2) is 0 Å². The SMILES string of the molecule is FC(F)(F)c1ccc(N2CCN(c3ccccc3C=NNc3ccccc3)CC2)nc1. The highest BCUT2D eigenvalue weighted by Crippen LogP contribution is 2.30. The van der Waals surface area contributed by atoms with Gasteiger partial charge in [0.05, 0.1) is 17.5 Å². The summed E-state index contributed by atoms with van der Waals surface area (Å²) < 4.78 is 38.2. The van der Waals surface area contributed by atoms with Gasteiger partial charge in [0.1, 0.15) is 5.82 Å². The van der Waals surface area contributed by atoms with Crippen LogP contribution in [0, 0.1) is 0 Å². The number of pyridine rings is 1. The highest BCUT2D eigenvalue weighted by molar-refractivity contribution is 5.88. The van der Waals surface area contributed by atoms with Gasteiger partial charge in [-0.1, -0.05) is 36.4 Å². The molecule has 0 radical (unpaired) electrons. The number of para-hydroxylation sites is 2. The van der Waals surface area contributed by atoms with Gasteiger partial charge in [-0.3, -0.25) is 5.43 Å². The smallest absolute Gasteiger partial charge is 0.367 e. The summed E-state index contributed by atoms with van der Waals surface area (Å²) in [5.41, 5.74) is 5.27. The van der Waals surface area contributed by atoms with Gasteiger partial charge in [0.25, 0.3) is 0 Å². The van der Waals surface area contributed by atoms with Gasteiger partial charge in [0.2, 0.25) is 0 Å². The van der Waals surface area contributed by atoms with Gasteiger partial charge in [-0.25, -0.2) is 4.98 Å². The summed E-state index contributed by atoms with van der Waals surface area (Å²) in [5.74, 6) is 0.564. The first-order valence-corrected chi connectivity index (χ1v) is 9.97. The minimum atomic E-state index is -4.37. The fourth-order valence-electron chi connectivity index (χ4n) is 3.49. The number of anilines is 3. The third-order valence-corrected chi connectivity index (χ3v) is 5.13. The van der Waals surface area contributed by atoms with Crippen LogP contribution in [0.25, 0.3) is 0 Å². The standard InChI is InChI=1S/C23H22F3N5/c24-23(25,26)19-10-11-22(27-17-19)31-14-12-30(13-15-31)21-9-5-4-6-18(21)16-28-29-20-7-2-1-3-8-20/h1-11,16-17,29H,12-15H2. The lowest BCUT2D eigenvalue weighted by Crippen LogP contribution is -2.47. The molecule has 1 N–H and O–H groups in total. The summed E-state index contributed by atoms with van der Waals surface area (Å²) in [6.07, 6.45) is -1.68. The van der Waals surface area contributed by atoms with E-state index in [0.717, 1.165) is 42.3 Å². The van der Waals surface area contributed by atoms with Crippen LogP contribution in [0.2, 0.25) is 0 Å². The maximum atomic E-state index is 12.7. The number of hydrazone groups is 1. The van der Waals surface area contributed by atoms with Crippen LogP contribution in [0.5, 0.6) is 0 Å². The van der Waals surface area contributed by atoms with Crippen LogP contribution in [-0.2, 0) is 6.18 Å². The molecule has 3 aromatic rings. The number of nitrogens with one attached hydrogen (secondary N) is 1. The Bertz CT molecular complexity index is 1010. The second-order valence-corrected chi connectivity index (χ2v) is 7.17. The molecule has 2 aromatic carbocycles. The lowest BCUT2D eigenvalue weighted by atomic mass is 10.1. The van der Waals surface area contributed by atoms with Gasteiger partial charge >= 0.3 is 6.18 Å². The molecule has 1 saturated heterocycles. The van der Waals surface area contributed by atoms with Gasteiger partial charge < -0.3 is 9.80 Å². The fourth-order valence-corrected chi connectivity index (χ4v) is 3.49. The average Bonchev–Trinajstić information content (AvgIpc) is 2.80. The maximum absolute atomic E-state index is 12.7. The van der Waals surface area contributed by atoms with Crippen LogP contribution in [0.15, 0.2) is 78.0 Å². The lowest BCUT2D eigenvalue weighted by molar-refractivity contribution is -0.137. The molecule has 1 fully saturated rings. The van der Waals surface area contributed by atoms with E-state index in [1.165, 1.54) is 6.07 Å². The highest BCUT2D eigenvalue weighted by Gasteiger charge is 2.31. The second kappa shape index (κ2) is 9.07. The number of piperazine rings is 1. The molecule has 1 aliphatic heterocycles. The third-order valence-electron chi connectivity index (χ3n) is 5.13. The van der Waals surface area contributed by atoms with Crippen LogP contribution in [0.1, 0.15) is 11.1 Å². The number of benzene rings is 2. The van der Waals surface area contributed by atoms with Crippen molar-refractivity contribution < 1.29 is 13.2 Å². The Kier molecular flexibility index (Phi) is 6.06. The van der Waals surface area contributed by atoms with Gasteiger partial charge in [-0.05, 0) is 30.3 Å². The Labute approximate surface area is 178 Å². The van der Waals surface area contributed by atoms with Gasteiger partial charge in [-0.2, -0.15) is 18.3 Å². The largest absolute Gasteiger partial charge is 0.417 e. The quantitative estimate of drug-likeness (QED) is 0.468. The number of halogens is 3. The average molecular weight is 425 g/mol. The Balaban J connectivity index is 1.40. The molecule has 31 heavy (non-hydrogen) atoms. The van der Waals surface area contributed by atoms with E-state index in [9.17, 15) is 13.2 Å². The number of alkyl halides is 3. The van der Waals surface area contributed by atoms with E-state index in [2.05, 4.69) is 26.5 Å². The summed E-state index contributed by atoms with van der Waals surface area (Å²) in [4.78, 5) is 8.27. The maximum Gasteiger partial charge on any atom is 0.417 e. The number of aromatic nitrogens is 1. The highest BCUT2D eigenvalue weighted by atomic mass is 19.4. The Hall–Kier alpha value is -3.55. The van der Waals surface area contributed by atoms with Crippen molar-refractivity contribution >= 4 is 23.4 Å². The lowest BCUT2D eigenvalue weighted by Gasteiger charge is -2.37. The number of hydrogen-bond donors (Lipinski definition) is 1. The second-order valence-electron chi connectivity index (χ2n) is 7.17. The zero-order chi connectivity index (χ0) is 21.7. The van der Waals surface area contributed by atoms with Crippen LogP contribution < -0.4 is 15.2 Å². The summed E-state index contributed by atoms with van der Waals surface area (Å²) in [6, 6.07) is 20.3. The molecule has 0 amide bonds. The minimum absolute atomic E-state index is 0.564. The molecular formula is C23H22F3N5. The third kappa shape index (κ3) is 5.14. The molecule has 1 aliphatic rings. The predicted molar refractivity (Wildman–Crippen MR) is 118 cm³/mol. The molecule has 0 spiro atoms. The van der Waals surface area contributed by atoms with E-state index < -0.39 is 11.7 Å². The Morgan fingerprint density at radius 1 is 0.839 bits per heavy atom. The van der Waals surface area contributed by atoms with Crippen molar-refractivity contribution in [3.63, 3.8) is 0 Å². The molecule has 2 heterocycles. The van der Waals surface area contributed by atoms with E-state index >= 15 is 0 Å². The Morgan fingerprint density at radius 2 is 1.52 bits per heavy atom. The zero-order valence-corrected chi connectivity index (χ0v) is 16.8. The number of hydrogen-bond acceptors (Lipinski definition) is 5. The summed E-state index contributed by atoms with van der Waals surface area (Å²) in [7, 11) is 0. The molecule has 0 aliphatic carbocycles. The molecule has 160 valence electrons. The first-order valence-electron chi connectivity index (χ1n) is 9.97. The van der Waals surface area contributed by atoms with Crippen molar-refractivity contribution in [2.45, 2.75) is 6.18 Å². The summed E-state index contributed by atoms with van der Waals surface area (Å²) >= 11 is 0. The first-order chi connectivity index (χ1) is 15.0. The van der Waals surface area contributed by atoms with Gasteiger partial charge in [0, 0.05) is 43.6 Å². The zero-order valence-electron chi connectivity index (χ0n) is 16.8. The number of nitrogens with zero attached hydrogens (tertiary/aromatic N) is 4. The molecule has 4 rings (SSSR count). The normalized spacial score (nSPS) is 14.8. The van der Waals surface area contributed by atoms with Crippen LogP contribution in [-0.4, -0.2) is 37.4 Å². The van der Waals surface area contributed by atoms with Crippen molar-refractivity contribution in [2.24, 2.45) is 5.10 Å². The van der Waals surface area contributed by atoms with E-state index in [1.54, 1.807) is 6.21 Å². The fraction of sp³-hybridized carbons (Fsp3) is 0.217. The molecule has 5 nitrogen and oxygen atoms in total. The molecule has 0 bridgehead atoms. The van der Waals surface area contributed by atoms with Crippen molar-refractivity contribution in [2.75, 3.05) is 41.4 Å². The van der Waals surface area contributed by atoms with Crippen molar-refractivity contribution in [3.8, 4) is 0 Å².